The van der Waals surface area contributed by atoms with Crippen LogP contribution < -0.4 is 26.2 Å². The van der Waals surface area contributed by atoms with Crippen LogP contribution in [0.5, 0.6) is 0 Å². The van der Waals surface area contributed by atoms with E-state index in [0.717, 1.165) is 72.6 Å². The fraction of sp³-hybridized carbons (Fsp3) is 0.304. The molecule has 0 atom stereocenters. The van der Waals surface area contributed by atoms with Gasteiger partial charge in [0.25, 0.3) is 6.71 Å². The van der Waals surface area contributed by atoms with E-state index in [9.17, 15) is 0 Å². The molecule has 0 fully saturated rings. The summed E-state index contributed by atoms with van der Waals surface area (Å²) in [4.78, 5) is 5.57. The number of aromatic nitrogens is 2. The van der Waals surface area contributed by atoms with Gasteiger partial charge in [-0.3, -0.25) is 0 Å². The van der Waals surface area contributed by atoms with Gasteiger partial charge in [-0.05, 0) is 263 Å². The Balaban J connectivity index is 1.05. The Morgan fingerprint density at radius 2 is 0.496 bits per heavy atom. The topological polar surface area (TPSA) is 16.3 Å². The predicted octanol–water partition coefficient (Wildman–Crippen LogP) is 29.5. The Morgan fingerprint density at radius 1 is 0.239 bits per heavy atom. The SMILES string of the molecule is CC(C)(C)Cc1cc(-c2ccccc2)c(N2c3cc(-n4c5ccc(CC(C)(C)C)cc5c5cc(CC(C)(C)C)ccc54)ccc3B3c4ccc(-n5c6ccc(CC(C)(C)C)cc6c6cc(CC(C)(C)C)ccc65)cc4N(c4c(-c5ccccc5)cc(CC(C)(C)C)cc4-c4ccccc4)c4cc(C(C)(C)C)cc2c43)c(-c2ccccc2)c1. The molecule has 2 aliphatic rings. The van der Waals surface area contributed by atoms with Gasteiger partial charge in [0.15, 0.2) is 0 Å². The molecule has 4 nitrogen and oxygen atoms in total. The Labute approximate surface area is 698 Å². The molecule has 4 heterocycles. The van der Waals surface area contributed by atoms with E-state index in [1.54, 1.807) is 0 Å². The van der Waals surface area contributed by atoms with E-state index < -0.39 is 0 Å². The molecule has 0 bridgehead atoms. The van der Waals surface area contributed by atoms with Crippen LogP contribution in [0.3, 0.4) is 0 Å². The van der Waals surface area contributed by atoms with Gasteiger partial charge in [0.2, 0.25) is 0 Å². The molecule has 0 aliphatic carbocycles. The number of benzene rings is 13. The van der Waals surface area contributed by atoms with Gasteiger partial charge in [-0.25, -0.2) is 0 Å². The lowest BCUT2D eigenvalue weighted by atomic mass is 9.33. The molecular weight excluding hydrogens is 1410 g/mol. The van der Waals surface area contributed by atoms with Crippen LogP contribution in [0.15, 0.2) is 267 Å². The molecule has 117 heavy (non-hydrogen) atoms. The Kier molecular flexibility index (Phi) is 19.5. The fourth-order valence-electron chi connectivity index (χ4n) is 19.5. The Morgan fingerprint density at radius 3 is 0.744 bits per heavy atom. The van der Waals surface area contributed by atoms with Gasteiger partial charge < -0.3 is 18.9 Å². The van der Waals surface area contributed by atoms with E-state index in [4.69, 9.17) is 0 Å². The van der Waals surface area contributed by atoms with Gasteiger partial charge in [-0.2, -0.15) is 0 Å². The third-order valence-corrected chi connectivity index (χ3v) is 23.7. The van der Waals surface area contributed by atoms with Crippen LogP contribution in [0.2, 0.25) is 0 Å². The maximum absolute atomic E-state index is 2.78. The number of anilines is 6. The molecule has 0 radical (unpaired) electrons. The predicted molar refractivity (Wildman–Crippen MR) is 509 cm³/mol. The number of fused-ring (bicyclic) bond motifs is 10. The van der Waals surface area contributed by atoms with Crippen LogP contribution >= 0.6 is 0 Å². The van der Waals surface area contributed by atoms with Gasteiger partial charge in [0.05, 0.1) is 33.4 Å². The second-order valence-corrected chi connectivity index (χ2v) is 42.8. The minimum absolute atomic E-state index is 0.00162. The first-order chi connectivity index (χ1) is 55.3. The number of rotatable bonds is 14. The highest BCUT2D eigenvalue weighted by molar-refractivity contribution is 7.00. The van der Waals surface area contributed by atoms with Crippen molar-refractivity contribution in [3.05, 3.63) is 306 Å². The van der Waals surface area contributed by atoms with Gasteiger partial charge in [-0.15, -0.1) is 0 Å². The van der Waals surface area contributed by atoms with Crippen LogP contribution in [-0.2, 0) is 43.9 Å². The zero-order valence-electron chi connectivity index (χ0n) is 73.5. The molecule has 0 unspecified atom stereocenters. The summed E-state index contributed by atoms with van der Waals surface area (Å²) in [5.41, 5.74) is 36.8. The third-order valence-electron chi connectivity index (χ3n) is 23.7. The van der Waals surface area contributed by atoms with Crippen LogP contribution in [-0.4, -0.2) is 15.8 Å². The van der Waals surface area contributed by atoms with Crippen molar-refractivity contribution in [2.75, 3.05) is 9.80 Å². The van der Waals surface area contributed by atoms with Gasteiger partial charge >= 0.3 is 0 Å². The van der Waals surface area contributed by atoms with Gasteiger partial charge in [-0.1, -0.05) is 303 Å². The first-order valence-electron chi connectivity index (χ1n) is 43.1. The Hall–Kier alpha value is -10.9. The molecule has 5 heteroatoms. The number of hydrogen-bond acceptors (Lipinski definition) is 2. The van der Waals surface area contributed by atoms with E-state index >= 15 is 0 Å². The van der Waals surface area contributed by atoms with Crippen molar-refractivity contribution >= 4 is 101 Å². The second kappa shape index (κ2) is 29.0. The molecule has 15 aromatic rings. The second-order valence-electron chi connectivity index (χ2n) is 42.8. The molecule has 590 valence electrons. The Bertz CT molecular complexity index is 5690. The average Bonchev–Trinajstić information content (AvgIpc) is 0.991. The van der Waals surface area contributed by atoms with E-state index in [0.29, 0.717) is 0 Å². The fourth-order valence-corrected chi connectivity index (χ4v) is 19.5. The molecule has 13 aromatic carbocycles. The van der Waals surface area contributed by atoms with Crippen molar-refractivity contribution in [3.8, 4) is 55.9 Å². The molecular formula is C112H119BN4. The highest BCUT2D eigenvalue weighted by Gasteiger charge is 2.47. The minimum Gasteiger partial charge on any atom is -0.310 e. The zero-order chi connectivity index (χ0) is 82.4. The van der Waals surface area contributed by atoms with E-state index in [2.05, 4.69) is 431 Å². The summed E-state index contributed by atoms with van der Waals surface area (Å²) in [5, 5.41) is 5.17. The highest BCUT2D eigenvalue weighted by atomic mass is 15.2. The van der Waals surface area contributed by atoms with Crippen molar-refractivity contribution in [1.82, 2.24) is 9.13 Å². The maximum atomic E-state index is 2.78. The first kappa shape index (κ1) is 78.6. The van der Waals surface area contributed by atoms with Crippen molar-refractivity contribution in [2.24, 2.45) is 32.5 Å². The lowest BCUT2D eigenvalue weighted by Crippen LogP contribution is -2.61. The maximum Gasteiger partial charge on any atom is 0.252 e. The number of hydrogen-bond donors (Lipinski definition) is 0. The molecule has 0 N–H and O–H groups in total. The van der Waals surface area contributed by atoms with E-state index in [1.807, 2.05) is 0 Å². The molecule has 0 amide bonds. The van der Waals surface area contributed by atoms with Crippen molar-refractivity contribution in [2.45, 2.75) is 189 Å². The summed E-state index contributed by atoms with van der Waals surface area (Å²) in [6, 6.07) is 106. The molecule has 17 rings (SSSR count). The van der Waals surface area contributed by atoms with Crippen molar-refractivity contribution in [3.63, 3.8) is 0 Å². The molecule has 0 saturated carbocycles. The average molecular weight is 1530 g/mol. The van der Waals surface area contributed by atoms with Gasteiger partial charge in [0, 0.05) is 77.9 Å². The lowest BCUT2D eigenvalue weighted by molar-refractivity contribution is 0.411. The van der Waals surface area contributed by atoms with Crippen LogP contribution in [0.4, 0.5) is 34.1 Å². The smallest absolute Gasteiger partial charge is 0.252 e. The van der Waals surface area contributed by atoms with Crippen LogP contribution in [0.1, 0.15) is 184 Å². The molecule has 2 aromatic heterocycles. The largest absolute Gasteiger partial charge is 0.310 e. The van der Waals surface area contributed by atoms with Crippen LogP contribution in [0.25, 0.3) is 99.5 Å². The lowest BCUT2D eigenvalue weighted by Gasteiger charge is -2.46. The van der Waals surface area contributed by atoms with E-state index in [-0.39, 0.29) is 44.6 Å². The quantitative estimate of drug-likeness (QED) is 0.101. The summed E-state index contributed by atoms with van der Waals surface area (Å²) < 4.78 is 5.21. The monoisotopic (exact) mass is 1530 g/mol. The summed E-state index contributed by atoms with van der Waals surface area (Å²) in [6.45, 7) is 49.7. The van der Waals surface area contributed by atoms with Gasteiger partial charge in [0.1, 0.15) is 0 Å². The normalized spacial score (nSPS) is 13.5. The molecule has 2 aliphatic heterocycles. The summed E-state index contributed by atoms with van der Waals surface area (Å²) in [6.07, 6.45) is 5.71. The summed E-state index contributed by atoms with van der Waals surface area (Å²) in [5.74, 6) is 0. The minimum atomic E-state index is -0.341. The third kappa shape index (κ3) is 15.7. The van der Waals surface area contributed by atoms with Crippen LogP contribution in [0, 0.1) is 32.5 Å². The zero-order valence-corrected chi connectivity index (χ0v) is 73.5. The van der Waals surface area contributed by atoms with E-state index in [1.165, 1.54) is 155 Å². The van der Waals surface area contributed by atoms with Crippen molar-refractivity contribution in [1.29, 1.82) is 0 Å². The van der Waals surface area contributed by atoms with Crippen molar-refractivity contribution < 1.29 is 0 Å². The molecule has 0 saturated heterocycles. The number of nitrogens with zero attached hydrogens (tertiary/aromatic N) is 4. The first-order valence-corrected chi connectivity index (χ1v) is 43.1. The highest BCUT2D eigenvalue weighted by Crippen LogP contribution is 2.56. The standard InChI is InChI=1S/C112H119BN4/c1-106(2,3)66-72-42-50-95-89(54-72)90-55-73(67-107(4,5)6)43-51-96(90)114(95)83-46-48-93-99(64-83)116(104-85(78-34-26-22-27-35-78)58-76(70-110(13,14)15)59-86(104)79-36-28-23-29-37-79)101-62-82(112(19,20)21)63-102-103(101)113(93)94-49-47-84(115-97-52-44-74(68-108(7,8)9)56-91(97)92-57-75(45-53-98(92)115)69-109(10,11)12)65-100(94)117(102)105-87(80-38-30-24-31-39-80)60-77(71-111(16,17)18)61-88(105)81-40-32-25-33-41-81/h22-65H,66-71H2,1-21H3. The summed E-state index contributed by atoms with van der Waals surface area (Å²) in [7, 11) is 0. The molecule has 0 spiro atoms. The summed E-state index contributed by atoms with van der Waals surface area (Å²) >= 11 is 0.